The Morgan fingerprint density at radius 2 is 1.64 bits per heavy atom. The first-order chi connectivity index (χ1) is 6.97. The Morgan fingerprint density at radius 3 is 2.29 bits per heavy atom. The van der Waals surface area contributed by atoms with E-state index in [1.165, 1.54) is 44.9 Å². The minimum Gasteiger partial charge on any atom is -0.311 e. The van der Waals surface area contributed by atoms with Crippen LogP contribution in [0, 0.1) is 5.92 Å². The smallest absolute Gasteiger partial charge is 0.0290 e. The van der Waals surface area contributed by atoms with Crippen LogP contribution in [0.2, 0.25) is 0 Å². The minimum atomic E-state index is 0.710. The normalized spacial score (nSPS) is 32.1. The van der Waals surface area contributed by atoms with Gasteiger partial charge in [0.25, 0.3) is 0 Å². The standard InChI is InChI=1S/C12H23N2/c1-2-4-6-11(7-5-3-1)12-10-13-8-9-14-12/h11-12,14H,1-10H2. The van der Waals surface area contributed by atoms with E-state index in [9.17, 15) is 0 Å². The summed E-state index contributed by atoms with van der Waals surface area (Å²) in [5.41, 5.74) is 0. The molecule has 2 heteroatoms. The van der Waals surface area contributed by atoms with Crippen molar-refractivity contribution in [2.75, 3.05) is 19.6 Å². The third kappa shape index (κ3) is 2.96. The van der Waals surface area contributed by atoms with Crippen molar-refractivity contribution < 1.29 is 0 Å². The van der Waals surface area contributed by atoms with Gasteiger partial charge in [0.15, 0.2) is 0 Å². The molecule has 1 unspecified atom stereocenters. The number of hydrogen-bond donors (Lipinski definition) is 1. The Labute approximate surface area is 87.8 Å². The van der Waals surface area contributed by atoms with Gasteiger partial charge in [-0.1, -0.05) is 32.1 Å². The average Bonchev–Trinajstić information content (AvgIpc) is 2.18. The van der Waals surface area contributed by atoms with Crippen molar-refractivity contribution in [2.45, 2.75) is 51.0 Å². The van der Waals surface area contributed by atoms with Gasteiger partial charge in [-0.2, -0.15) is 0 Å². The molecule has 0 aromatic rings. The van der Waals surface area contributed by atoms with Gasteiger partial charge in [-0.15, -0.1) is 0 Å². The van der Waals surface area contributed by atoms with E-state index >= 15 is 0 Å². The molecule has 0 spiro atoms. The molecule has 1 saturated heterocycles. The van der Waals surface area contributed by atoms with E-state index in [-0.39, 0.29) is 0 Å². The maximum atomic E-state index is 4.53. The number of rotatable bonds is 1. The Kier molecular flexibility index (Phi) is 4.26. The topological polar surface area (TPSA) is 26.1 Å². The zero-order chi connectivity index (χ0) is 9.64. The van der Waals surface area contributed by atoms with Gasteiger partial charge in [0.1, 0.15) is 0 Å². The minimum absolute atomic E-state index is 0.710. The zero-order valence-corrected chi connectivity index (χ0v) is 9.17. The fraction of sp³-hybridized carbons (Fsp3) is 1.00. The van der Waals surface area contributed by atoms with Crippen LogP contribution in [0.1, 0.15) is 44.9 Å². The molecule has 0 amide bonds. The van der Waals surface area contributed by atoms with E-state index in [1.54, 1.807) is 0 Å². The zero-order valence-electron chi connectivity index (χ0n) is 9.17. The summed E-state index contributed by atoms with van der Waals surface area (Å²) in [5, 5.41) is 8.17. The van der Waals surface area contributed by atoms with Crippen molar-refractivity contribution in [3.63, 3.8) is 0 Å². The molecule has 0 aromatic carbocycles. The maximum Gasteiger partial charge on any atom is 0.0290 e. The van der Waals surface area contributed by atoms with Gasteiger partial charge in [0, 0.05) is 25.7 Å². The fourth-order valence-corrected chi connectivity index (χ4v) is 2.83. The lowest BCUT2D eigenvalue weighted by Crippen LogP contribution is -2.49. The molecule has 1 aliphatic carbocycles. The van der Waals surface area contributed by atoms with E-state index in [0.717, 1.165) is 25.6 Å². The number of piperazine rings is 1. The molecule has 2 aliphatic rings. The molecule has 2 fully saturated rings. The molecule has 1 heterocycles. The van der Waals surface area contributed by atoms with Gasteiger partial charge < -0.3 is 5.32 Å². The summed E-state index contributed by atoms with van der Waals surface area (Å²) in [6, 6.07) is 0.710. The second-order valence-corrected chi connectivity index (χ2v) is 4.80. The lowest BCUT2D eigenvalue weighted by Gasteiger charge is -2.32. The summed E-state index contributed by atoms with van der Waals surface area (Å²) in [6.45, 7) is 3.22. The lowest BCUT2D eigenvalue weighted by atomic mass is 9.85. The molecule has 14 heavy (non-hydrogen) atoms. The molecule has 1 atom stereocenters. The van der Waals surface area contributed by atoms with Crippen LogP contribution in [-0.2, 0) is 0 Å². The fourth-order valence-electron chi connectivity index (χ4n) is 2.83. The highest BCUT2D eigenvalue weighted by Gasteiger charge is 2.23. The molecule has 1 radical (unpaired) electrons. The average molecular weight is 195 g/mol. The summed E-state index contributed by atoms with van der Waals surface area (Å²) >= 11 is 0. The Morgan fingerprint density at radius 1 is 0.929 bits per heavy atom. The number of nitrogens with one attached hydrogen (secondary N) is 1. The first kappa shape index (κ1) is 10.4. The predicted molar refractivity (Wildman–Crippen MR) is 59.5 cm³/mol. The monoisotopic (exact) mass is 195 g/mol. The highest BCUT2D eigenvalue weighted by molar-refractivity contribution is 4.82. The molecule has 0 bridgehead atoms. The summed E-state index contributed by atoms with van der Waals surface area (Å²) in [5.74, 6) is 0.916. The molecule has 0 aromatic heterocycles. The molecular formula is C12H23N2. The Bertz CT molecular complexity index is 144. The Balaban J connectivity index is 1.80. The van der Waals surface area contributed by atoms with Crippen LogP contribution in [0.5, 0.6) is 0 Å². The van der Waals surface area contributed by atoms with Crippen molar-refractivity contribution in [3.8, 4) is 0 Å². The SMILES string of the molecule is C1CCCC(C2C[N]CCN2)CCC1. The summed E-state index contributed by atoms with van der Waals surface area (Å²) in [7, 11) is 0. The van der Waals surface area contributed by atoms with Gasteiger partial charge in [-0.05, 0) is 18.8 Å². The van der Waals surface area contributed by atoms with E-state index < -0.39 is 0 Å². The van der Waals surface area contributed by atoms with E-state index in [2.05, 4.69) is 10.6 Å². The molecule has 2 rings (SSSR count). The summed E-state index contributed by atoms with van der Waals surface area (Å²) in [6.07, 6.45) is 10.2. The van der Waals surface area contributed by atoms with Crippen LogP contribution in [-0.4, -0.2) is 25.7 Å². The molecule has 1 saturated carbocycles. The van der Waals surface area contributed by atoms with Crippen LogP contribution in [0.3, 0.4) is 0 Å². The summed E-state index contributed by atoms with van der Waals surface area (Å²) in [4.78, 5) is 0. The third-order valence-corrected chi connectivity index (χ3v) is 3.72. The van der Waals surface area contributed by atoms with E-state index in [1.807, 2.05) is 0 Å². The lowest BCUT2D eigenvalue weighted by molar-refractivity contribution is 0.256. The maximum absolute atomic E-state index is 4.53. The second-order valence-electron chi connectivity index (χ2n) is 4.80. The van der Waals surface area contributed by atoms with Crippen molar-refractivity contribution >= 4 is 0 Å². The number of hydrogen-bond acceptors (Lipinski definition) is 1. The van der Waals surface area contributed by atoms with Gasteiger partial charge in [-0.25, -0.2) is 5.32 Å². The third-order valence-electron chi connectivity index (χ3n) is 3.72. The predicted octanol–water partition coefficient (Wildman–Crippen LogP) is 1.92. The van der Waals surface area contributed by atoms with Crippen molar-refractivity contribution in [1.82, 2.24) is 10.6 Å². The van der Waals surface area contributed by atoms with Gasteiger partial charge >= 0.3 is 0 Å². The van der Waals surface area contributed by atoms with Crippen molar-refractivity contribution in [1.29, 1.82) is 0 Å². The molecule has 1 aliphatic heterocycles. The van der Waals surface area contributed by atoms with Crippen LogP contribution in [0.4, 0.5) is 0 Å². The van der Waals surface area contributed by atoms with E-state index in [4.69, 9.17) is 0 Å². The van der Waals surface area contributed by atoms with Gasteiger partial charge in [-0.3, -0.25) is 0 Å². The Hall–Kier alpha value is -0.0800. The van der Waals surface area contributed by atoms with Crippen LogP contribution >= 0.6 is 0 Å². The first-order valence-electron chi connectivity index (χ1n) is 6.33. The molecule has 81 valence electrons. The van der Waals surface area contributed by atoms with Crippen molar-refractivity contribution in [2.24, 2.45) is 5.92 Å². The summed E-state index contributed by atoms with van der Waals surface area (Å²) < 4.78 is 0. The quantitative estimate of drug-likeness (QED) is 0.680. The van der Waals surface area contributed by atoms with Crippen molar-refractivity contribution in [3.05, 3.63) is 0 Å². The first-order valence-corrected chi connectivity index (χ1v) is 6.33. The van der Waals surface area contributed by atoms with E-state index in [0.29, 0.717) is 6.04 Å². The highest BCUT2D eigenvalue weighted by atomic mass is 15.1. The van der Waals surface area contributed by atoms with Crippen LogP contribution in [0.15, 0.2) is 0 Å². The highest BCUT2D eigenvalue weighted by Crippen LogP contribution is 2.25. The van der Waals surface area contributed by atoms with Gasteiger partial charge in [0.05, 0.1) is 0 Å². The molecule has 1 N–H and O–H groups in total. The van der Waals surface area contributed by atoms with Crippen LogP contribution < -0.4 is 10.6 Å². The molecular weight excluding hydrogens is 172 g/mol. The van der Waals surface area contributed by atoms with Crippen LogP contribution in [0.25, 0.3) is 0 Å². The molecule has 2 nitrogen and oxygen atoms in total. The largest absolute Gasteiger partial charge is 0.311 e. The number of nitrogens with zero attached hydrogens (tertiary/aromatic N) is 1. The van der Waals surface area contributed by atoms with Gasteiger partial charge in [0.2, 0.25) is 0 Å². The second kappa shape index (κ2) is 5.72.